The van der Waals surface area contributed by atoms with Crippen LogP contribution >= 0.6 is 0 Å². The maximum absolute atomic E-state index is 12.5. The molecular weight excluding hydrogens is 244 g/mol. The molecule has 0 aromatic heterocycles. The third kappa shape index (κ3) is 4.11. The van der Waals surface area contributed by atoms with Gasteiger partial charge >= 0.3 is 6.09 Å². The first-order chi connectivity index (χ1) is 8.86. The quantitative estimate of drug-likeness (QED) is 0.848. The summed E-state index contributed by atoms with van der Waals surface area (Å²) in [6.07, 6.45) is 0.499. The highest BCUT2D eigenvalue weighted by Gasteiger charge is 2.34. The van der Waals surface area contributed by atoms with Crippen LogP contribution in [0.4, 0.5) is 4.79 Å². The lowest BCUT2D eigenvalue weighted by molar-refractivity contribution is -0.133. The normalized spacial score (nSPS) is 20.8. The smallest absolute Gasteiger partial charge is 0.407 e. The van der Waals surface area contributed by atoms with Gasteiger partial charge in [-0.25, -0.2) is 4.79 Å². The number of likely N-dealkylation sites (tertiary alicyclic amines) is 1. The summed E-state index contributed by atoms with van der Waals surface area (Å²) in [5, 5.41) is 2.63. The van der Waals surface area contributed by atoms with Crippen LogP contribution in [0.15, 0.2) is 0 Å². The zero-order valence-corrected chi connectivity index (χ0v) is 12.6. The van der Waals surface area contributed by atoms with Gasteiger partial charge in [0.2, 0.25) is 5.91 Å². The average Bonchev–Trinajstić information content (AvgIpc) is 2.84. The fourth-order valence-electron chi connectivity index (χ4n) is 2.43. The minimum absolute atomic E-state index is 0.00329. The van der Waals surface area contributed by atoms with Crippen molar-refractivity contribution in [1.29, 1.82) is 0 Å². The lowest BCUT2D eigenvalue weighted by Gasteiger charge is -2.26. The molecule has 1 aliphatic rings. The van der Waals surface area contributed by atoms with Crippen molar-refractivity contribution in [2.24, 2.45) is 17.8 Å². The van der Waals surface area contributed by atoms with Crippen LogP contribution in [-0.4, -0.2) is 43.1 Å². The molecule has 19 heavy (non-hydrogen) atoms. The summed E-state index contributed by atoms with van der Waals surface area (Å²) in [5.74, 6) is 1.20. The number of nitrogens with zero attached hydrogens (tertiary/aromatic N) is 1. The van der Waals surface area contributed by atoms with Crippen molar-refractivity contribution in [2.75, 3.05) is 20.2 Å². The summed E-state index contributed by atoms with van der Waals surface area (Å²) in [6, 6.07) is -0.502. The molecule has 1 saturated heterocycles. The van der Waals surface area contributed by atoms with Gasteiger partial charge in [0.1, 0.15) is 6.04 Å². The fourth-order valence-corrected chi connectivity index (χ4v) is 2.43. The van der Waals surface area contributed by atoms with Crippen LogP contribution < -0.4 is 5.32 Å². The standard InChI is InChI=1S/C14H26N2O3/c1-9(2)11-6-7-16(8-11)13(17)12(10(3)4)15-14(18)19-5/h9-12H,6-8H2,1-5H3,(H,15,18)/t11-,12+/m1/s1. The summed E-state index contributed by atoms with van der Waals surface area (Å²) in [7, 11) is 1.31. The van der Waals surface area contributed by atoms with Gasteiger partial charge in [0.05, 0.1) is 7.11 Å². The number of nitrogens with one attached hydrogen (secondary N) is 1. The largest absolute Gasteiger partial charge is 0.453 e. The first-order valence-corrected chi connectivity index (χ1v) is 7.00. The number of carbonyl (C=O) groups excluding carboxylic acids is 2. The van der Waals surface area contributed by atoms with Crippen molar-refractivity contribution in [3.63, 3.8) is 0 Å². The van der Waals surface area contributed by atoms with Crippen molar-refractivity contribution >= 4 is 12.0 Å². The molecule has 0 unspecified atom stereocenters. The van der Waals surface area contributed by atoms with E-state index in [9.17, 15) is 9.59 Å². The van der Waals surface area contributed by atoms with E-state index in [0.717, 1.165) is 19.5 Å². The van der Waals surface area contributed by atoms with Crippen LogP contribution in [-0.2, 0) is 9.53 Å². The van der Waals surface area contributed by atoms with Crippen molar-refractivity contribution in [1.82, 2.24) is 10.2 Å². The summed E-state index contributed by atoms with van der Waals surface area (Å²) in [6.45, 7) is 9.80. The van der Waals surface area contributed by atoms with E-state index in [-0.39, 0.29) is 11.8 Å². The number of hydrogen-bond acceptors (Lipinski definition) is 3. The van der Waals surface area contributed by atoms with E-state index >= 15 is 0 Å². The second-order valence-corrected chi connectivity index (χ2v) is 5.93. The van der Waals surface area contributed by atoms with Crippen molar-refractivity contribution in [2.45, 2.75) is 40.2 Å². The van der Waals surface area contributed by atoms with Gasteiger partial charge in [-0.1, -0.05) is 27.7 Å². The number of methoxy groups -OCH3 is 1. The van der Waals surface area contributed by atoms with Crippen LogP contribution in [0.5, 0.6) is 0 Å². The van der Waals surface area contributed by atoms with Crippen LogP contribution in [0.3, 0.4) is 0 Å². The van der Waals surface area contributed by atoms with Gasteiger partial charge in [0.15, 0.2) is 0 Å². The van der Waals surface area contributed by atoms with E-state index in [1.165, 1.54) is 7.11 Å². The molecule has 0 saturated carbocycles. The Morgan fingerprint density at radius 2 is 1.89 bits per heavy atom. The molecule has 1 rings (SSSR count). The number of alkyl carbamates (subject to hydrolysis) is 1. The zero-order chi connectivity index (χ0) is 14.6. The number of amides is 2. The van der Waals surface area contributed by atoms with Crippen LogP contribution in [0, 0.1) is 17.8 Å². The summed E-state index contributed by atoms with van der Waals surface area (Å²) in [4.78, 5) is 25.6. The van der Waals surface area contributed by atoms with Crippen LogP contribution in [0.1, 0.15) is 34.1 Å². The summed E-state index contributed by atoms with van der Waals surface area (Å²) < 4.78 is 4.58. The first kappa shape index (κ1) is 15.8. The predicted molar refractivity (Wildman–Crippen MR) is 73.7 cm³/mol. The summed E-state index contributed by atoms with van der Waals surface area (Å²) in [5.41, 5.74) is 0. The number of ether oxygens (including phenoxy) is 1. The molecule has 5 heteroatoms. The minimum Gasteiger partial charge on any atom is -0.453 e. The molecular formula is C14H26N2O3. The van der Waals surface area contributed by atoms with Crippen molar-refractivity contribution in [3.05, 3.63) is 0 Å². The highest BCUT2D eigenvalue weighted by atomic mass is 16.5. The Balaban J connectivity index is 2.65. The van der Waals surface area contributed by atoms with E-state index < -0.39 is 12.1 Å². The lowest BCUT2D eigenvalue weighted by Crippen LogP contribution is -2.50. The van der Waals surface area contributed by atoms with E-state index in [1.807, 2.05) is 18.7 Å². The van der Waals surface area contributed by atoms with Gasteiger partial charge in [-0.3, -0.25) is 4.79 Å². The fraction of sp³-hybridized carbons (Fsp3) is 0.857. The van der Waals surface area contributed by atoms with Gasteiger partial charge < -0.3 is 15.0 Å². The second-order valence-electron chi connectivity index (χ2n) is 5.93. The first-order valence-electron chi connectivity index (χ1n) is 7.00. The second kappa shape index (κ2) is 6.78. The lowest BCUT2D eigenvalue weighted by atomic mass is 9.95. The molecule has 110 valence electrons. The maximum atomic E-state index is 12.5. The number of carbonyl (C=O) groups is 2. The molecule has 2 amide bonds. The Morgan fingerprint density at radius 3 is 2.32 bits per heavy atom. The van der Waals surface area contributed by atoms with E-state index in [0.29, 0.717) is 11.8 Å². The molecule has 2 atom stereocenters. The van der Waals surface area contributed by atoms with Gasteiger partial charge in [-0.15, -0.1) is 0 Å². The number of rotatable bonds is 4. The molecule has 0 spiro atoms. The Morgan fingerprint density at radius 1 is 1.26 bits per heavy atom. The Kier molecular flexibility index (Phi) is 5.63. The van der Waals surface area contributed by atoms with Crippen LogP contribution in [0.2, 0.25) is 0 Å². The minimum atomic E-state index is -0.549. The Hall–Kier alpha value is -1.26. The molecule has 5 nitrogen and oxygen atoms in total. The molecule has 0 aromatic rings. The Labute approximate surface area is 115 Å². The SMILES string of the molecule is COC(=O)N[C@H](C(=O)N1CC[C@@H](C(C)C)C1)C(C)C. The van der Waals surface area contributed by atoms with Gasteiger partial charge in [-0.2, -0.15) is 0 Å². The molecule has 0 aliphatic carbocycles. The topological polar surface area (TPSA) is 58.6 Å². The molecule has 0 bridgehead atoms. The highest BCUT2D eigenvalue weighted by molar-refractivity contribution is 5.86. The van der Waals surface area contributed by atoms with Crippen LogP contribution in [0.25, 0.3) is 0 Å². The van der Waals surface area contributed by atoms with E-state index in [1.54, 1.807) is 0 Å². The monoisotopic (exact) mass is 270 g/mol. The van der Waals surface area contributed by atoms with E-state index in [2.05, 4.69) is 23.9 Å². The molecule has 0 aromatic carbocycles. The molecule has 1 heterocycles. The number of hydrogen-bond donors (Lipinski definition) is 1. The Bertz CT molecular complexity index is 329. The third-order valence-electron chi connectivity index (χ3n) is 3.87. The average molecular weight is 270 g/mol. The predicted octanol–water partition coefficient (Wildman–Crippen LogP) is 1.87. The molecule has 1 aliphatic heterocycles. The maximum Gasteiger partial charge on any atom is 0.407 e. The van der Waals surface area contributed by atoms with Crippen molar-refractivity contribution in [3.8, 4) is 0 Å². The summed E-state index contributed by atoms with van der Waals surface area (Å²) >= 11 is 0. The third-order valence-corrected chi connectivity index (χ3v) is 3.87. The zero-order valence-electron chi connectivity index (χ0n) is 12.6. The highest BCUT2D eigenvalue weighted by Crippen LogP contribution is 2.24. The molecule has 0 radical (unpaired) electrons. The van der Waals surface area contributed by atoms with Gasteiger partial charge in [0.25, 0.3) is 0 Å². The van der Waals surface area contributed by atoms with Crippen molar-refractivity contribution < 1.29 is 14.3 Å². The van der Waals surface area contributed by atoms with Gasteiger partial charge in [-0.05, 0) is 24.2 Å². The molecule has 1 N–H and O–H groups in total. The van der Waals surface area contributed by atoms with E-state index in [4.69, 9.17) is 0 Å². The molecule has 1 fully saturated rings. The van der Waals surface area contributed by atoms with Gasteiger partial charge in [0, 0.05) is 13.1 Å².